The molecule has 0 aliphatic carbocycles. The lowest BCUT2D eigenvalue weighted by atomic mass is 9.85. The van der Waals surface area contributed by atoms with Gasteiger partial charge in [-0.25, -0.2) is 0 Å². The van der Waals surface area contributed by atoms with Crippen LogP contribution >= 0.6 is 11.6 Å². The van der Waals surface area contributed by atoms with Crippen LogP contribution in [0.1, 0.15) is 38.0 Å². The van der Waals surface area contributed by atoms with Gasteiger partial charge in [0.1, 0.15) is 6.10 Å². The number of ether oxygens (including phenoxy) is 1. The molecule has 6 nitrogen and oxygen atoms in total. The third kappa shape index (κ3) is 4.86. The van der Waals surface area contributed by atoms with Crippen molar-refractivity contribution in [1.82, 2.24) is 20.0 Å². The van der Waals surface area contributed by atoms with Crippen molar-refractivity contribution in [3.05, 3.63) is 52.8 Å². The predicted molar refractivity (Wildman–Crippen MR) is 114 cm³/mol. The fraction of sp³-hybridized carbons (Fsp3) is 0.524. The number of hydrogen-bond acceptors (Lipinski definition) is 3. The standard InChI is InChI=1S/C21H30ClN5O/c1-5-23-20(24-15-21(2,3)17-8-6-7-9-18(17)22)27-10-11-28-19(14-27)16-12-25-26(4)13-16/h6-9,12-13,19H,5,10-11,14-15H2,1-4H3,(H,23,24). The Hall–Kier alpha value is -2.05. The largest absolute Gasteiger partial charge is 0.370 e. The van der Waals surface area contributed by atoms with Crippen LogP contribution in [0, 0.1) is 0 Å². The van der Waals surface area contributed by atoms with E-state index in [0.717, 1.165) is 41.7 Å². The highest BCUT2D eigenvalue weighted by molar-refractivity contribution is 6.31. The molecule has 1 aliphatic rings. The van der Waals surface area contributed by atoms with Crippen LogP contribution in [0.25, 0.3) is 0 Å². The van der Waals surface area contributed by atoms with Crippen LogP contribution in [-0.2, 0) is 17.2 Å². The molecule has 2 heterocycles. The Balaban J connectivity index is 1.75. The van der Waals surface area contributed by atoms with E-state index in [1.54, 1.807) is 0 Å². The summed E-state index contributed by atoms with van der Waals surface area (Å²) >= 11 is 6.42. The van der Waals surface area contributed by atoms with Crippen molar-refractivity contribution in [2.45, 2.75) is 32.3 Å². The maximum Gasteiger partial charge on any atom is 0.194 e. The average Bonchev–Trinajstić information content (AvgIpc) is 3.12. The lowest BCUT2D eigenvalue weighted by Crippen LogP contribution is -2.48. The van der Waals surface area contributed by atoms with E-state index in [2.05, 4.69) is 42.2 Å². The summed E-state index contributed by atoms with van der Waals surface area (Å²) in [5.41, 5.74) is 2.06. The smallest absolute Gasteiger partial charge is 0.194 e. The number of morpholine rings is 1. The Morgan fingerprint density at radius 3 is 2.86 bits per heavy atom. The van der Waals surface area contributed by atoms with Gasteiger partial charge in [-0.2, -0.15) is 5.10 Å². The molecule has 1 atom stereocenters. The van der Waals surface area contributed by atoms with E-state index in [1.165, 1.54) is 0 Å². The molecule has 1 fully saturated rings. The minimum atomic E-state index is -0.159. The van der Waals surface area contributed by atoms with Crippen molar-refractivity contribution >= 4 is 17.6 Å². The normalized spacial score (nSPS) is 18.4. The number of guanidine groups is 1. The van der Waals surface area contributed by atoms with Gasteiger partial charge in [-0.1, -0.05) is 43.6 Å². The van der Waals surface area contributed by atoms with Crippen molar-refractivity contribution in [3.63, 3.8) is 0 Å². The molecule has 2 aromatic rings. The second-order valence-electron chi connectivity index (χ2n) is 7.79. The maximum atomic E-state index is 6.42. The molecule has 0 spiro atoms. The second-order valence-corrected chi connectivity index (χ2v) is 8.19. The van der Waals surface area contributed by atoms with Crippen LogP contribution in [0.4, 0.5) is 0 Å². The summed E-state index contributed by atoms with van der Waals surface area (Å²) in [4.78, 5) is 7.23. The molecule has 1 aromatic carbocycles. The third-order valence-corrected chi connectivity index (χ3v) is 5.35. The number of rotatable bonds is 5. The van der Waals surface area contributed by atoms with Gasteiger partial charge in [0.25, 0.3) is 0 Å². The second kappa shape index (κ2) is 8.97. The summed E-state index contributed by atoms with van der Waals surface area (Å²) < 4.78 is 7.78. The van der Waals surface area contributed by atoms with Gasteiger partial charge in [0.05, 0.1) is 25.9 Å². The van der Waals surface area contributed by atoms with Crippen LogP contribution in [-0.4, -0.2) is 53.4 Å². The fourth-order valence-electron chi connectivity index (χ4n) is 3.44. The van der Waals surface area contributed by atoms with E-state index in [1.807, 2.05) is 42.3 Å². The van der Waals surface area contributed by atoms with E-state index in [0.29, 0.717) is 13.2 Å². The van der Waals surface area contributed by atoms with Crippen LogP contribution in [0.5, 0.6) is 0 Å². The first-order valence-corrected chi connectivity index (χ1v) is 10.2. The monoisotopic (exact) mass is 403 g/mol. The van der Waals surface area contributed by atoms with Gasteiger partial charge in [-0.05, 0) is 18.6 Å². The number of nitrogens with one attached hydrogen (secondary N) is 1. The number of benzene rings is 1. The van der Waals surface area contributed by atoms with Gasteiger partial charge >= 0.3 is 0 Å². The predicted octanol–water partition coefficient (Wildman–Crippen LogP) is 3.39. The Bertz CT molecular complexity index is 817. The van der Waals surface area contributed by atoms with Crippen LogP contribution < -0.4 is 5.32 Å². The number of hydrogen-bond donors (Lipinski definition) is 1. The minimum Gasteiger partial charge on any atom is -0.370 e. The molecule has 1 aromatic heterocycles. The molecule has 1 saturated heterocycles. The maximum absolute atomic E-state index is 6.42. The molecule has 0 saturated carbocycles. The van der Waals surface area contributed by atoms with E-state index >= 15 is 0 Å². The molecule has 152 valence electrons. The van der Waals surface area contributed by atoms with Crippen molar-refractivity contribution < 1.29 is 4.74 Å². The van der Waals surface area contributed by atoms with Gasteiger partial charge in [0.15, 0.2) is 5.96 Å². The Morgan fingerprint density at radius 1 is 1.39 bits per heavy atom. The molecule has 3 rings (SSSR count). The van der Waals surface area contributed by atoms with E-state index in [9.17, 15) is 0 Å². The summed E-state index contributed by atoms with van der Waals surface area (Å²) in [6, 6.07) is 8.01. The van der Waals surface area contributed by atoms with Gasteiger partial charge < -0.3 is 15.0 Å². The zero-order valence-electron chi connectivity index (χ0n) is 17.2. The lowest BCUT2D eigenvalue weighted by molar-refractivity contribution is -0.00806. The summed E-state index contributed by atoms with van der Waals surface area (Å²) in [7, 11) is 1.92. The molecule has 7 heteroatoms. The highest BCUT2D eigenvalue weighted by Crippen LogP contribution is 2.30. The van der Waals surface area contributed by atoms with Crippen molar-refractivity contribution in [2.24, 2.45) is 12.0 Å². The molecular formula is C21H30ClN5O. The zero-order valence-corrected chi connectivity index (χ0v) is 17.9. The SMILES string of the molecule is CCNC(=NCC(C)(C)c1ccccc1Cl)N1CCOC(c2cnn(C)c2)C1. The van der Waals surface area contributed by atoms with E-state index in [-0.39, 0.29) is 11.5 Å². The number of halogens is 1. The number of aliphatic imine (C=N–C) groups is 1. The van der Waals surface area contributed by atoms with Gasteiger partial charge in [-0.15, -0.1) is 0 Å². The summed E-state index contributed by atoms with van der Waals surface area (Å²) in [5, 5.41) is 8.49. The van der Waals surface area contributed by atoms with Crippen LogP contribution in [0.3, 0.4) is 0 Å². The van der Waals surface area contributed by atoms with Crippen molar-refractivity contribution in [3.8, 4) is 0 Å². The number of nitrogens with zero attached hydrogens (tertiary/aromatic N) is 4. The molecule has 0 bridgehead atoms. The van der Waals surface area contributed by atoms with Crippen LogP contribution in [0.15, 0.2) is 41.7 Å². The van der Waals surface area contributed by atoms with Crippen molar-refractivity contribution in [2.75, 3.05) is 32.8 Å². The van der Waals surface area contributed by atoms with Crippen molar-refractivity contribution in [1.29, 1.82) is 0 Å². The first kappa shape index (κ1) is 20.7. The number of aryl methyl sites for hydroxylation is 1. The fourth-order valence-corrected chi connectivity index (χ4v) is 3.83. The van der Waals surface area contributed by atoms with Crippen LogP contribution in [0.2, 0.25) is 5.02 Å². The number of aromatic nitrogens is 2. The Kier molecular flexibility index (Phi) is 6.62. The van der Waals surface area contributed by atoms with E-state index < -0.39 is 0 Å². The average molecular weight is 404 g/mol. The van der Waals surface area contributed by atoms with Gasteiger partial charge in [0, 0.05) is 42.3 Å². The highest BCUT2D eigenvalue weighted by Gasteiger charge is 2.27. The third-order valence-electron chi connectivity index (χ3n) is 5.02. The minimum absolute atomic E-state index is 0.00267. The topological polar surface area (TPSA) is 54.7 Å². The lowest BCUT2D eigenvalue weighted by Gasteiger charge is -2.35. The first-order valence-electron chi connectivity index (χ1n) is 9.79. The summed E-state index contributed by atoms with van der Waals surface area (Å²) in [5.74, 6) is 0.916. The highest BCUT2D eigenvalue weighted by atomic mass is 35.5. The first-order chi connectivity index (χ1) is 13.4. The van der Waals surface area contributed by atoms with E-state index in [4.69, 9.17) is 21.3 Å². The molecule has 1 aliphatic heterocycles. The molecule has 0 amide bonds. The Labute approximate surface area is 172 Å². The molecule has 28 heavy (non-hydrogen) atoms. The quantitative estimate of drug-likeness (QED) is 0.614. The Morgan fingerprint density at radius 2 is 2.18 bits per heavy atom. The zero-order chi connectivity index (χ0) is 20.1. The summed E-state index contributed by atoms with van der Waals surface area (Å²) in [6.45, 7) is 10.1. The molecule has 0 radical (unpaired) electrons. The molecular weight excluding hydrogens is 374 g/mol. The molecule has 1 N–H and O–H groups in total. The van der Waals surface area contributed by atoms with Gasteiger partial charge in [0.2, 0.25) is 0 Å². The molecule has 1 unspecified atom stereocenters. The summed E-state index contributed by atoms with van der Waals surface area (Å²) in [6.07, 6.45) is 3.89. The van der Waals surface area contributed by atoms with Gasteiger partial charge in [-0.3, -0.25) is 9.67 Å².